The Labute approximate surface area is 116 Å². The number of hydrogen-bond acceptors (Lipinski definition) is 4. The number of nitriles is 1. The van der Waals surface area contributed by atoms with E-state index in [1.165, 1.54) is 6.20 Å². The van der Waals surface area contributed by atoms with E-state index in [0.717, 1.165) is 10.9 Å². The molecule has 1 aromatic carbocycles. The molecule has 5 heteroatoms. The monoisotopic (exact) mass is 267 g/mol. The van der Waals surface area contributed by atoms with Gasteiger partial charge in [0.1, 0.15) is 12.6 Å². The van der Waals surface area contributed by atoms with Crippen molar-refractivity contribution in [3.8, 4) is 6.07 Å². The molecule has 0 unspecified atom stereocenters. The predicted molar refractivity (Wildman–Crippen MR) is 76.5 cm³/mol. The number of carbonyl (C=O) groups is 1. The molecule has 0 aliphatic rings. The van der Waals surface area contributed by atoms with E-state index in [9.17, 15) is 10.1 Å². The van der Waals surface area contributed by atoms with Crippen LogP contribution in [0.15, 0.2) is 43.1 Å². The van der Waals surface area contributed by atoms with E-state index in [-0.39, 0.29) is 6.54 Å². The van der Waals surface area contributed by atoms with Crippen molar-refractivity contribution >= 4 is 22.6 Å². The Morgan fingerprint density at radius 2 is 2.25 bits per heavy atom. The van der Waals surface area contributed by atoms with Crippen molar-refractivity contribution in [3.63, 3.8) is 0 Å². The second-order valence-electron chi connectivity index (χ2n) is 4.21. The molecule has 0 aliphatic heterocycles. The van der Waals surface area contributed by atoms with E-state index in [2.05, 4.69) is 17.6 Å². The molecule has 0 amide bonds. The van der Waals surface area contributed by atoms with Crippen molar-refractivity contribution in [2.24, 2.45) is 0 Å². The van der Waals surface area contributed by atoms with E-state index in [1.807, 2.05) is 24.3 Å². The molecule has 5 nitrogen and oxygen atoms in total. The van der Waals surface area contributed by atoms with Gasteiger partial charge in [-0.15, -0.1) is 6.58 Å². The van der Waals surface area contributed by atoms with Gasteiger partial charge in [0.15, 0.2) is 0 Å². The van der Waals surface area contributed by atoms with Gasteiger partial charge in [0.05, 0.1) is 16.8 Å². The fraction of sp³-hybridized carbons (Fsp3) is 0.133. The minimum absolute atomic E-state index is 0.200. The summed E-state index contributed by atoms with van der Waals surface area (Å²) in [5, 5.41) is 19.0. The third-order valence-electron chi connectivity index (χ3n) is 2.86. The highest BCUT2D eigenvalue weighted by atomic mass is 16.4. The average Bonchev–Trinajstić information content (AvgIpc) is 2.45. The van der Waals surface area contributed by atoms with Gasteiger partial charge in [0.25, 0.3) is 0 Å². The first kappa shape index (κ1) is 13.6. The molecule has 1 N–H and O–H groups in total. The summed E-state index contributed by atoms with van der Waals surface area (Å²) in [4.78, 5) is 16.8. The number of rotatable bonds is 5. The van der Waals surface area contributed by atoms with Gasteiger partial charge >= 0.3 is 5.97 Å². The number of nitrogens with zero attached hydrogens (tertiary/aromatic N) is 3. The molecule has 0 aliphatic carbocycles. The van der Waals surface area contributed by atoms with E-state index >= 15 is 0 Å². The molecular formula is C15H13N3O2. The molecule has 0 spiro atoms. The molecule has 2 rings (SSSR count). The van der Waals surface area contributed by atoms with E-state index < -0.39 is 5.97 Å². The van der Waals surface area contributed by atoms with Crippen LogP contribution in [0.3, 0.4) is 0 Å². The fourth-order valence-corrected chi connectivity index (χ4v) is 2.10. The minimum atomic E-state index is -0.961. The molecular weight excluding hydrogens is 254 g/mol. The summed E-state index contributed by atoms with van der Waals surface area (Å²) in [6.45, 7) is 3.78. The topological polar surface area (TPSA) is 77.2 Å². The van der Waals surface area contributed by atoms with Gasteiger partial charge < -0.3 is 10.0 Å². The average molecular weight is 267 g/mol. The lowest BCUT2D eigenvalue weighted by Crippen LogP contribution is -2.30. The van der Waals surface area contributed by atoms with Crippen LogP contribution < -0.4 is 4.90 Å². The maximum absolute atomic E-state index is 11.0. The van der Waals surface area contributed by atoms with Crippen LogP contribution in [0.25, 0.3) is 10.9 Å². The van der Waals surface area contributed by atoms with Crippen LogP contribution in [0.1, 0.15) is 5.56 Å². The van der Waals surface area contributed by atoms with Crippen LogP contribution in [0, 0.1) is 11.3 Å². The van der Waals surface area contributed by atoms with Gasteiger partial charge in [-0.25, -0.2) is 0 Å². The van der Waals surface area contributed by atoms with Crippen molar-refractivity contribution in [3.05, 3.63) is 48.7 Å². The van der Waals surface area contributed by atoms with Gasteiger partial charge in [0.2, 0.25) is 0 Å². The summed E-state index contributed by atoms with van der Waals surface area (Å²) in [6, 6.07) is 9.41. The summed E-state index contributed by atoms with van der Waals surface area (Å²) >= 11 is 0. The molecule has 1 heterocycles. The molecule has 1 aromatic heterocycles. The molecule has 0 atom stereocenters. The third-order valence-corrected chi connectivity index (χ3v) is 2.86. The molecule has 0 saturated carbocycles. The molecule has 20 heavy (non-hydrogen) atoms. The fourth-order valence-electron chi connectivity index (χ4n) is 2.10. The summed E-state index contributed by atoms with van der Waals surface area (Å²) in [7, 11) is 0. The second-order valence-corrected chi connectivity index (χ2v) is 4.21. The quantitative estimate of drug-likeness (QED) is 0.840. The van der Waals surface area contributed by atoms with Gasteiger partial charge in [-0.3, -0.25) is 9.78 Å². The summed E-state index contributed by atoms with van der Waals surface area (Å²) in [5.74, 6) is -0.961. The summed E-state index contributed by atoms with van der Waals surface area (Å²) < 4.78 is 0. The third kappa shape index (κ3) is 2.59. The Hall–Kier alpha value is -2.87. The first-order chi connectivity index (χ1) is 9.67. The maximum atomic E-state index is 11.0. The lowest BCUT2D eigenvalue weighted by atomic mass is 10.1. The van der Waals surface area contributed by atoms with E-state index in [4.69, 9.17) is 5.11 Å². The molecule has 2 aromatic rings. The number of hydrogen-bond donors (Lipinski definition) is 1. The Morgan fingerprint density at radius 1 is 1.50 bits per heavy atom. The Morgan fingerprint density at radius 3 is 2.90 bits per heavy atom. The number of carboxylic acid groups (broad SMARTS) is 1. The van der Waals surface area contributed by atoms with E-state index in [0.29, 0.717) is 17.8 Å². The number of carboxylic acids is 1. The van der Waals surface area contributed by atoms with Crippen LogP contribution in [-0.2, 0) is 4.79 Å². The van der Waals surface area contributed by atoms with Crippen molar-refractivity contribution < 1.29 is 9.90 Å². The number of pyridine rings is 1. The Balaban J connectivity index is 2.67. The van der Waals surface area contributed by atoms with Crippen molar-refractivity contribution in [2.45, 2.75) is 0 Å². The summed E-state index contributed by atoms with van der Waals surface area (Å²) in [5.41, 5.74) is 1.66. The normalized spacial score (nSPS) is 9.95. The molecule has 0 saturated heterocycles. The highest BCUT2D eigenvalue weighted by Crippen LogP contribution is 2.29. The standard InChI is InChI=1S/C15H13N3O2/c1-2-7-18(10-14(19)20)15-11(8-16)9-17-13-6-4-3-5-12(13)15/h2-6,9H,1,7,10H2,(H,19,20). The highest BCUT2D eigenvalue weighted by Gasteiger charge is 2.17. The molecule has 0 radical (unpaired) electrons. The van der Waals surface area contributed by atoms with Crippen molar-refractivity contribution in [1.82, 2.24) is 4.98 Å². The van der Waals surface area contributed by atoms with Gasteiger partial charge in [-0.2, -0.15) is 5.26 Å². The zero-order valence-electron chi connectivity index (χ0n) is 10.8. The Bertz CT molecular complexity index is 704. The van der Waals surface area contributed by atoms with Crippen LogP contribution in [-0.4, -0.2) is 29.1 Å². The highest BCUT2D eigenvalue weighted by molar-refractivity contribution is 5.95. The van der Waals surface area contributed by atoms with Gasteiger partial charge in [0, 0.05) is 18.1 Å². The van der Waals surface area contributed by atoms with Crippen LogP contribution in [0.4, 0.5) is 5.69 Å². The lowest BCUT2D eigenvalue weighted by Gasteiger charge is -2.23. The second kappa shape index (κ2) is 5.85. The number of aromatic nitrogens is 1. The van der Waals surface area contributed by atoms with Gasteiger partial charge in [-0.05, 0) is 6.07 Å². The number of fused-ring (bicyclic) bond motifs is 1. The molecule has 100 valence electrons. The van der Waals surface area contributed by atoms with Crippen LogP contribution in [0.5, 0.6) is 0 Å². The number of anilines is 1. The van der Waals surface area contributed by atoms with E-state index in [1.54, 1.807) is 11.0 Å². The van der Waals surface area contributed by atoms with Crippen molar-refractivity contribution in [1.29, 1.82) is 5.26 Å². The zero-order valence-corrected chi connectivity index (χ0v) is 10.8. The number of para-hydroxylation sites is 1. The largest absolute Gasteiger partial charge is 0.480 e. The number of benzene rings is 1. The smallest absolute Gasteiger partial charge is 0.323 e. The van der Waals surface area contributed by atoms with Crippen LogP contribution in [0.2, 0.25) is 0 Å². The first-order valence-corrected chi connectivity index (χ1v) is 6.03. The molecule has 0 fully saturated rings. The predicted octanol–water partition coefficient (Wildman–Crippen LogP) is 2.18. The lowest BCUT2D eigenvalue weighted by molar-refractivity contribution is -0.135. The minimum Gasteiger partial charge on any atom is -0.480 e. The Kier molecular flexibility index (Phi) is 3.96. The van der Waals surface area contributed by atoms with Crippen molar-refractivity contribution in [2.75, 3.05) is 18.0 Å². The van der Waals surface area contributed by atoms with Crippen LogP contribution >= 0.6 is 0 Å². The number of aliphatic carboxylic acids is 1. The maximum Gasteiger partial charge on any atom is 0.323 e. The SMILES string of the molecule is C=CCN(CC(=O)O)c1c(C#N)cnc2ccccc12. The molecule has 0 bridgehead atoms. The summed E-state index contributed by atoms with van der Waals surface area (Å²) in [6.07, 6.45) is 3.08. The van der Waals surface area contributed by atoms with Gasteiger partial charge in [-0.1, -0.05) is 24.3 Å². The first-order valence-electron chi connectivity index (χ1n) is 6.03. The zero-order chi connectivity index (χ0) is 14.5.